The van der Waals surface area contributed by atoms with Crippen molar-refractivity contribution in [3.05, 3.63) is 54.1 Å². The monoisotopic (exact) mass is 172 g/mol. The van der Waals surface area contributed by atoms with Crippen LogP contribution in [0.2, 0.25) is 0 Å². The maximum absolute atomic E-state index is 3.98. The average Bonchev–Trinajstić information content (AvgIpc) is 2.15. The Bertz CT molecular complexity index is 291. The van der Waals surface area contributed by atoms with E-state index in [-0.39, 0.29) is 0 Å². The molecule has 0 heterocycles. The van der Waals surface area contributed by atoms with E-state index >= 15 is 0 Å². The van der Waals surface area contributed by atoms with Gasteiger partial charge in [0.1, 0.15) is 0 Å². The van der Waals surface area contributed by atoms with E-state index in [1.807, 2.05) is 18.2 Å². The van der Waals surface area contributed by atoms with Crippen molar-refractivity contribution in [2.75, 3.05) is 0 Å². The van der Waals surface area contributed by atoms with Gasteiger partial charge in [0.15, 0.2) is 0 Å². The molecule has 0 aromatic heterocycles. The van der Waals surface area contributed by atoms with E-state index in [1.54, 1.807) is 0 Å². The lowest BCUT2D eigenvalue weighted by Crippen LogP contribution is -1.86. The van der Waals surface area contributed by atoms with Crippen LogP contribution in [0.1, 0.15) is 19.4 Å². The number of hydrogen-bond donors (Lipinski definition) is 0. The molecule has 0 N–H and O–H groups in total. The van der Waals surface area contributed by atoms with Crippen molar-refractivity contribution in [2.45, 2.75) is 13.8 Å². The minimum Gasteiger partial charge on any atom is -0.0956 e. The third kappa shape index (κ3) is 3.29. The standard InChI is InChI=1S/C13H16/c1-11(2)12(3)9-10-13-7-5-4-6-8-13/h4-11H,3H2,1-2H3. The first kappa shape index (κ1) is 9.79. The minimum atomic E-state index is 0.528. The molecular weight excluding hydrogens is 156 g/mol. The fourth-order valence-electron chi connectivity index (χ4n) is 0.960. The maximum atomic E-state index is 3.98. The van der Waals surface area contributed by atoms with Gasteiger partial charge in [0.2, 0.25) is 0 Å². The van der Waals surface area contributed by atoms with Crippen LogP contribution in [-0.4, -0.2) is 0 Å². The van der Waals surface area contributed by atoms with Gasteiger partial charge in [-0.1, -0.05) is 68.5 Å². The van der Waals surface area contributed by atoms with Crippen molar-refractivity contribution in [3.63, 3.8) is 0 Å². The Balaban J connectivity index is 2.64. The van der Waals surface area contributed by atoms with Gasteiger partial charge >= 0.3 is 0 Å². The van der Waals surface area contributed by atoms with Crippen LogP contribution in [0.15, 0.2) is 48.6 Å². The van der Waals surface area contributed by atoms with Gasteiger partial charge in [0.05, 0.1) is 0 Å². The Morgan fingerprint density at radius 3 is 2.38 bits per heavy atom. The first-order valence-electron chi connectivity index (χ1n) is 4.62. The second-order valence-electron chi connectivity index (χ2n) is 3.47. The van der Waals surface area contributed by atoms with E-state index in [9.17, 15) is 0 Å². The van der Waals surface area contributed by atoms with Gasteiger partial charge < -0.3 is 0 Å². The number of hydrogen-bond acceptors (Lipinski definition) is 0. The summed E-state index contributed by atoms with van der Waals surface area (Å²) < 4.78 is 0. The molecule has 0 aliphatic carbocycles. The zero-order valence-corrected chi connectivity index (χ0v) is 8.33. The van der Waals surface area contributed by atoms with Crippen molar-refractivity contribution in [2.24, 2.45) is 5.92 Å². The Morgan fingerprint density at radius 1 is 1.23 bits per heavy atom. The third-order valence-electron chi connectivity index (χ3n) is 2.03. The second-order valence-corrected chi connectivity index (χ2v) is 3.47. The normalized spacial score (nSPS) is 11.0. The quantitative estimate of drug-likeness (QED) is 0.606. The summed E-state index contributed by atoms with van der Waals surface area (Å²) in [5.41, 5.74) is 2.40. The van der Waals surface area contributed by atoms with Crippen molar-refractivity contribution in [1.82, 2.24) is 0 Å². The summed E-state index contributed by atoms with van der Waals surface area (Å²) in [4.78, 5) is 0. The lowest BCUT2D eigenvalue weighted by molar-refractivity contribution is 0.796. The fourth-order valence-corrected chi connectivity index (χ4v) is 0.960. The summed E-state index contributed by atoms with van der Waals surface area (Å²) >= 11 is 0. The molecular formula is C13H16. The SMILES string of the molecule is C=C(C=Cc1ccccc1)C(C)C. The molecule has 0 amide bonds. The summed E-state index contributed by atoms with van der Waals surface area (Å²) in [6.45, 7) is 8.28. The lowest BCUT2D eigenvalue weighted by Gasteiger charge is -2.02. The molecule has 0 fully saturated rings. The molecule has 13 heavy (non-hydrogen) atoms. The van der Waals surface area contributed by atoms with E-state index in [2.05, 4.69) is 44.7 Å². The van der Waals surface area contributed by atoms with Crippen LogP contribution in [0, 0.1) is 5.92 Å². The van der Waals surface area contributed by atoms with Crippen LogP contribution < -0.4 is 0 Å². The van der Waals surface area contributed by atoms with Crippen LogP contribution in [-0.2, 0) is 0 Å². The van der Waals surface area contributed by atoms with Gasteiger partial charge in [-0.15, -0.1) is 0 Å². The Morgan fingerprint density at radius 2 is 1.85 bits per heavy atom. The van der Waals surface area contributed by atoms with E-state index in [4.69, 9.17) is 0 Å². The molecule has 0 saturated carbocycles. The molecule has 1 aromatic rings. The molecule has 0 aliphatic rings. The molecule has 68 valence electrons. The fraction of sp³-hybridized carbons (Fsp3) is 0.231. The molecule has 0 nitrogen and oxygen atoms in total. The smallest absolute Gasteiger partial charge is 0.0225 e. The topological polar surface area (TPSA) is 0 Å². The zero-order chi connectivity index (χ0) is 9.68. The van der Waals surface area contributed by atoms with Crippen molar-refractivity contribution in [1.29, 1.82) is 0 Å². The predicted octanol–water partition coefficient (Wildman–Crippen LogP) is 3.91. The number of benzene rings is 1. The van der Waals surface area contributed by atoms with Crippen LogP contribution in [0.5, 0.6) is 0 Å². The van der Waals surface area contributed by atoms with Gasteiger partial charge in [0, 0.05) is 0 Å². The summed E-state index contributed by atoms with van der Waals surface area (Å²) in [5.74, 6) is 0.528. The minimum absolute atomic E-state index is 0.528. The molecule has 0 saturated heterocycles. The van der Waals surface area contributed by atoms with Gasteiger partial charge in [-0.3, -0.25) is 0 Å². The van der Waals surface area contributed by atoms with Gasteiger partial charge in [-0.25, -0.2) is 0 Å². The third-order valence-corrected chi connectivity index (χ3v) is 2.03. The molecule has 0 aliphatic heterocycles. The summed E-state index contributed by atoms with van der Waals surface area (Å²) in [7, 11) is 0. The summed E-state index contributed by atoms with van der Waals surface area (Å²) in [6.07, 6.45) is 4.18. The van der Waals surface area contributed by atoms with Crippen molar-refractivity contribution >= 4 is 6.08 Å². The molecule has 0 heteroatoms. The summed E-state index contributed by atoms with van der Waals surface area (Å²) in [6, 6.07) is 10.3. The van der Waals surface area contributed by atoms with Gasteiger partial charge in [-0.2, -0.15) is 0 Å². The predicted molar refractivity (Wildman–Crippen MR) is 59.5 cm³/mol. The largest absolute Gasteiger partial charge is 0.0956 e. The van der Waals surface area contributed by atoms with E-state index < -0.39 is 0 Å². The van der Waals surface area contributed by atoms with Crippen LogP contribution >= 0.6 is 0 Å². The van der Waals surface area contributed by atoms with Crippen molar-refractivity contribution in [3.8, 4) is 0 Å². The maximum Gasteiger partial charge on any atom is -0.0225 e. The Kier molecular flexibility index (Phi) is 3.51. The average molecular weight is 172 g/mol. The molecule has 0 atom stereocenters. The van der Waals surface area contributed by atoms with Crippen LogP contribution in [0.4, 0.5) is 0 Å². The van der Waals surface area contributed by atoms with E-state index in [1.165, 1.54) is 11.1 Å². The first-order valence-corrected chi connectivity index (χ1v) is 4.62. The highest BCUT2D eigenvalue weighted by Gasteiger charge is 1.93. The van der Waals surface area contributed by atoms with Crippen LogP contribution in [0.25, 0.3) is 6.08 Å². The Labute approximate surface area is 80.6 Å². The highest BCUT2D eigenvalue weighted by Crippen LogP contribution is 2.10. The lowest BCUT2D eigenvalue weighted by atomic mass is 10.0. The van der Waals surface area contributed by atoms with Crippen molar-refractivity contribution < 1.29 is 0 Å². The molecule has 1 rings (SSSR count). The van der Waals surface area contributed by atoms with Gasteiger partial charge in [0.25, 0.3) is 0 Å². The Hall–Kier alpha value is -1.30. The summed E-state index contributed by atoms with van der Waals surface area (Å²) in [5, 5.41) is 0. The highest BCUT2D eigenvalue weighted by molar-refractivity contribution is 5.52. The molecule has 0 bridgehead atoms. The molecule has 0 unspecified atom stereocenters. The highest BCUT2D eigenvalue weighted by atomic mass is 14.0. The molecule has 1 aromatic carbocycles. The first-order chi connectivity index (χ1) is 6.20. The number of rotatable bonds is 3. The zero-order valence-electron chi connectivity index (χ0n) is 8.33. The molecule has 0 spiro atoms. The number of allylic oxidation sites excluding steroid dienone is 2. The van der Waals surface area contributed by atoms with Crippen LogP contribution in [0.3, 0.4) is 0 Å². The second kappa shape index (κ2) is 4.66. The van der Waals surface area contributed by atoms with E-state index in [0.29, 0.717) is 5.92 Å². The molecule has 0 radical (unpaired) electrons. The van der Waals surface area contributed by atoms with Gasteiger partial charge in [-0.05, 0) is 11.5 Å². The van der Waals surface area contributed by atoms with E-state index in [0.717, 1.165) is 0 Å².